The molecule has 2 aliphatic carbocycles. The fraction of sp³-hybridized carbons (Fsp3) is 1.00. The van der Waals surface area contributed by atoms with Gasteiger partial charge in [-0.2, -0.15) is 0 Å². The molecule has 1 saturated heterocycles. The highest BCUT2D eigenvalue weighted by Gasteiger charge is 2.39. The van der Waals surface area contributed by atoms with Crippen molar-refractivity contribution in [1.82, 2.24) is 10.2 Å². The molecular formula is C19H36N2. The van der Waals surface area contributed by atoms with E-state index >= 15 is 0 Å². The van der Waals surface area contributed by atoms with E-state index in [2.05, 4.69) is 24.1 Å². The van der Waals surface area contributed by atoms with E-state index in [4.69, 9.17) is 0 Å². The molecule has 3 aliphatic rings. The second kappa shape index (κ2) is 7.00. The molecular weight excluding hydrogens is 256 g/mol. The summed E-state index contributed by atoms with van der Waals surface area (Å²) in [5.74, 6) is 0. The number of nitrogens with zero attached hydrogens (tertiary/aromatic N) is 1. The van der Waals surface area contributed by atoms with E-state index in [9.17, 15) is 0 Å². The van der Waals surface area contributed by atoms with Gasteiger partial charge in [0.15, 0.2) is 0 Å². The molecule has 1 aliphatic heterocycles. The van der Waals surface area contributed by atoms with Gasteiger partial charge >= 0.3 is 0 Å². The molecule has 0 amide bonds. The molecule has 0 bridgehead atoms. The Hall–Kier alpha value is -0.0800. The van der Waals surface area contributed by atoms with Gasteiger partial charge in [0.1, 0.15) is 0 Å². The van der Waals surface area contributed by atoms with E-state index < -0.39 is 0 Å². The van der Waals surface area contributed by atoms with Crippen LogP contribution in [0.2, 0.25) is 0 Å². The minimum absolute atomic E-state index is 0.575. The maximum absolute atomic E-state index is 3.89. The van der Waals surface area contributed by atoms with Crippen LogP contribution >= 0.6 is 0 Å². The number of likely N-dealkylation sites (tertiary alicyclic amines) is 1. The van der Waals surface area contributed by atoms with Gasteiger partial charge in [0, 0.05) is 31.2 Å². The molecule has 2 atom stereocenters. The Kier molecular flexibility index (Phi) is 5.27. The van der Waals surface area contributed by atoms with Crippen LogP contribution in [-0.2, 0) is 0 Å². The van der Waals surface area contributed by atoms with E-state index in [1.54, 1.807) is 0 Å². The summed E-state index contributed by atoms with van der Waals surface area (Å²) in [5.41, 5.74) is 0.575. The van der Waals surface area contributed by atoms with Gasteiger partial charge in [0.25, 0.3) is 0 Å². The van der Waals surface area contributed by atoms with Gasteiger partial charge in [-0.25, -0.2) is 0 Å². The molecule has 1 N–H and O–H groups in total. The van der Waals surface area contributed by atoms with Gasteiger partial charge in [0.05, 0.1) is 0 Å². The van der Waals surface area contributed by atoms with E-state index in [1.165, 1.54) is 83.7 Å². The predicted octanol–water partition coefficient (Wildman–Crippen LogP) is 4.34. The SMILES string of the molecule is CCC1CCC(C)N1CC1(CNC2CC2)CCCCCC1. The largest absolute Gasteiger partial charge is 0.313 e. The number of hydrogen-bond acceptors (Lipinski definition) is 2. The van der Waals surface area contributed by atoms with Crippen molar-refractivity contribution in [3.63, 3.8) is 0 Å². The fourth-order valence-electron chi connectivity index (χ4n) is 4.75. The molecule has 3 rings (SSSR count). The van der Waals surface area contributed by atoms with Gasteiger partial charge in [-0.1, -0.05) is 32.6 Å². The summed E-state index contributed by atoms with van der Waals surface area (Å²) in [4.78, 5) is 2.89. The molecule has 0 aromatic heterocycles. The van der Waals surface area contributed by atoms with Gasteiger partial charge < -0.3 is 5.32 Å². The van der Waals surface area contributed by atoms with Crippen LogP contribution in [0, 0.1) is 5.41 Å². The zero-order valence-corrected chi connectivity index (χ0v) is 14.4. The second-order valence-corrected chi connectivity index (χ2v) is 8.23. The van der Waals surface area contributed by atoms with E-state index in [1.807, 2.05) is 0 Å². The smallest absolute Gasteiger partial charge is 0.00962 e. The minimum Gasteiger partial charge on any atom is -0.313 e. The lowest BCUT2D eigenvalue weighted by Gasteiger charge is -2.41. The number of rotatable bonds is 6. The standard InChI is InChI=1S/C19H36N2/c1-3-18-11-8-16(2)21(18)15-19(14-20-17-9-10-17)12-6-4-5-7-13-19/h16-18,20H,3-15H2,1-2H3. The minimum atomic E-state index is 0.575. The first-order valence-electron chi connectivity index (χ1n) is 9.71. The molecule has 1 heterocycles. The van der Waals surface area contributed by atoms with E-state index in [0.717, 1.165) is 18.1 Å². The predicted molar refractivity (Wildman–Crippen MR) is 90.6 cm³/mol. The van der Waals surface area contributed by atoms with Crippen LogP contribution in [0.1, 0.15) is 84.5 Å². The highest BCUT2D eigenvalue weighted by molar-refractivity contribution is 4.94. The first-order chi connectivity index (χ1) is 10.2. The zero-order valence-electron chi connectivity index (χ0n) is 14.4. The lowest BCUT2D eigenvalue weighted by Crippen LogP contribution is -2.48. The van der Waals surface area contributed by atoms with Crippen LogP contribution in [0.15, 0.2) is 0 Å². The maximum atomic E-state index is 3.89. The Morgan fingerprint density at radius 1 is 1.00 bits per heavy atom. The third-order valence-corrected chi connectivity index (χ3v) is 6.45. The summed E-state index contributed by atoms with van der Waals surface area (Å²) < 4.78 is 0. The topological polar surface area (TPSA) is 15.3 Å². The zero-order chi connectivity index (χ0) is 14.7. The average Bonchev–Trinajstić information content (AvgIpc) is 3.28. The molecule has 0 radical (unpaired) electrons. The van der Waals surface area contributed by atoms with E-state index in [0.29, 0.717) is 5.41 Å². The highest BCUT2D eigenvalue weighted by atomic mass is 15.2. The maximum Gasteiger partial charge on any atom is 0.00962 e. The Morgan fingerprint density at radius 3 is 2.33 bits per heavy atom. The molecule has 3 fully saturated rings. The monoisotopic (exact) mass is 292 g/mol. The van der Waals surface area contributed by atoms with Crippen molar-refractivity contribution in [2.75, 3.05) is 13.1 Å². The molecule has 0 aromatic carbocycles. The third-order valence-electron chi connectivity index (χ3n) is 6.45. The van der Waals surface area contributed by atoms with Crippen LogP contribution in [0.3, 0.4) is 0 Å². The lowest BCUT2D eigenvalue weighted by molar-refractivity contribution is 0.0910. The van der Waals surface area contributed by atoms with Gasteiger partial charge in [-0.05, 0) is 57.3 Å². The van der Waals surface area contributed by atoms with Gasteiger partial charge in [-0.15, -0.1) is 0 Å². The molecule has 21 heavy (non-hydrogen) atoms. The first-order valence-corrected chi connectivity index (χ1v) is 9.71. The molecule has 2 saturated carbocycles. The van der Waals surface area contributed by atoms with Crippen molar-refractivity contribution in [2.24, 2.45) is 5.41 Å². The quantitative estimate of drug-likeness (QED) is 0.733. The molecule has 2 nitrogen and oxygen atoms in total. The molecule has 2 heteroatoms. The van der Waals surface area contributed by atoms with Crippen molar-refractivity contribution in [3.8, 4) is 0 Å². The van der Waals surface area contributed by atoms with Crippen molar-refractivity contribution >= 4 is 0 Å². The summed E-state index contributed by atoms with van der Waals surface area (Å²) in [6.45, 7) is 7.51. The Morgan fingerprint density at radius 2 is 1.71 bits per heavy atom. The molecule has 2 unspecified atom stereocenters. The van der Waals surface area contributed by atoms with Crippen LogP contribution in [0.4, 0.5) is 0 Å². The second-order valence-electron chi connectivity index (χ2n) is 8.23. The van der Waals surface area contributed by atoms with Crippen LogP contribution in [-0.4, -0.2) is 36.1 Å². The third kappa shape index (κ3) is 4.01. The van der Waals surface area contributed by atoms with Crippen molar-refractivity contribution in [1.29, 1.82) is 0 Å². The summed E-state index contributed by atoms with van der Waals surface area (Å²) in [7, 11) is 0. The summed E-state index contributed by atoms with van der Waals surface area (Å²) in [6, 6.07) is 2.54. The van der Waals surface area contributed by atoms with Gasteiger partial charge in [-0.3, -0.25) is 4.90 Å². The van der Waals surface area contributed by atoms with Crippen LogP contribution in [0.5, 0.6) is 0 Å². The summed E-state index contributed by atoms with van der Waals surface area (Å²) in [5, 5.41) is 3.89. The van der Waals surface area contributed by atoms with Crippen molar-refractivity contribution in [3.05, 3.63) is 0 Å². The van der Waals surface area contributed by atoms with Crippen molar-refractivity contribution in [2.45, 2.75) is 103 Å². The molecule has 0 aromatic rings. The normalized spacial score (nSPS) is 34.0. The Balaban J connectivity index is 1.67. The Bertz CT molecular complexity index is 316. The summed E-state index contributed by atoms with van der Waals surface area (Å²) >= 11 is 0. The van der Waals surface area contributed by atoms with Crippen LogP contribution in [0.25, 0.3) is 0 Å². The molecule has 122 valence electrons. The highest BCUT2D eigenvalue weighted by Crippen LogP contribution is 2.39. The first kappa shape index (κ1) is 15.8. The number of nitrogens with one attached hydrogen (secondary N) is 1. The summed E-state index contributed by atoms with van der Waals surface area (Å²) in [6.07, 6.45) is 15.8. The Labute approximate surface area is 132 Å². The van der Waals surface area contributed by atoms with Crippen molar-refractivity contribution < 1.29 is 0 Å². The molecule has 0 spiro atoms. The average molecular weight is 293 g/mol. The fourth-order valence-corrected chi connectivity index (χ4v) is 4.75. The van der Waals surface area contributed by atoms with Crippen LogP contribution < -0.4 is 5.32 Å². The van der Waals surface area contributed by atoms with E-state index in [-0.39, 0.29) is 0 Å². The lowest BCUT2D eigenvalue weighted by atomic mass is 9.79. The number of hydrogen-bond donors (Lipinski definition) is 1. The van der Waals surface area contributed by atoms with Gasteiger partial charge in [0.2, 0.25) is 0 Å².